The third-order valence-electron chi connectivity index (χ3n) is 9.51. The molecule has 0 bridgehead atoms. The van der Waals surface area contributed by atoms with Gasteiger partial charge in [0.15, 0.2) is 11.3 Å². The molecular formula is C34H42N12O2S2. The van der Waals surface area contributed by atoms with E-state index in [1.54, 1.807) is 31.7 Å². The number of pyridine rings is 2. The zero-order valence-electron chi connectivity index (χ0n) is 29.4. The fraction of sp³-hybridized carbons (Fsp3) is 0.529. The maximum atomic E-state index is 6.61. The van der Waals surface area contributed by atoms with Gasteiger partial charge in [-0.25, -0.2) is 9.97 Å². The Morgan fingerprint density at radius 3 is 2.06 bits per heavy atom. The van der Waals surface area contributed by atoms with Crippen LogP contribution in [0.15, 0.2) is 41.4 Å². The van der Waals surface area contributed by atoms with E-state index >= 15 is 0 Å². The van der Waals surface area contributed by atoms with Crippen molar-refractivity contribution in [1.29, 1.82) is 0 Å². The first-order chi connectivity index (χ1) is 23.9. The molecule has 8 heterocycles. The minimum absolute atomic E-state index is 0.0132. The molecule has 262 valence electrons. The SMILES string of the molecule is C[C@H]1CO[C@H](c2nc(C(C)(C)C)cs2)CN1c1cc(C[C@@H]2CO[C@H](c3nc(C(C)(C)C)cs3)CN2c2ccc3nnnn3c2)c2nnnn2c1. The Labute approximate surface area is 298 Å². The second-order valence-electron chi connectivity index (χ2n) is 15.3. The number of hydrogen-bond donors (Lipinski definition) is 0. The van der Waals surface area contributed by atoms with E-state index in [4.69, 9.17) is 19.4 Å². The summed E-state index contributed by atoms with van der Waals surface area (Å²) in [5.41, 5.74) is 6.63. The molecule has 2 fully saturated rings. The fourth-order valence-electron chi connectivity index (χ4n) is 6.52. The predicted octanol–water partition coefficient (Wildman–Crippen LogP) is 5.23. The molecule has 50 heavy (non-hydrogen) atoms. The van der Waals surface area contributed by atoms with Crippen LogP contribution in [0.5, 0.6) is 0 Å². The lowest BCUT2D eigenvalue weighted by Crippen LogP contribution is -2.48. The Morgan fingerprint density at radius 1 is 0.760 bits per heavy atom. The van der Waals surface area contributed by atoms with E-state index in [0.29, 0.717) is 38.4 Å². The molecule has 0 spiro atoms. The summed E-state index contributed by atoms with van der Waals surface area (Å²) in [6.45, 7) is 17.7. The second kappa shape index (κ2) is 12.6. The average Bonchev–Trinajstić information content (AvgIpc) is 3.91. The van der Waals surface area contributed by atoms with Crippen molar-refractivity contribution in [3.05, 3.63) is 68.3 Å². The number of hydrogen-bond acceptors (Lipinski definition) is 14. The second-order valence-corrected chi connectivity index (χ2v) is 17.1. The van der Waals surface area contributed by atoms with Gasteiger partial charge in [0.05, 0.1) is 67.5 Å². The largest absolute Gasteiger partial charge is 0.367 e. The molecule has 0 unspecified atom stereocenters. The summed E-state index contributed by atoms with van der Waals surface area (Å²) in [7, 11) is 0. The van der Waals surface area contributed by atoms with Gasteiger partial charge >= 0.3 is 0 Å². The molecule has 0 N–H and O–H groups in total. The van der Waals surface area contributed by atoms with Crippen molar-refractivity contribution in [2.45, 2.75) is 90.0 Å². The summed E-state index contributed by atoms with van der Waals surface area (Å²) >= 11 is 3.34. The van der Waals surface area contributed by atoms with Gasteiger partial charge in [-0.1, -0.05) is 41.5 Å². The third kappa shape index (κ3) is 6.33. The van der Waals surface area contributed by atoms with E-state index in [1.165, 1.54) is 0 Å². The lowest BCUT2D eigenvalue weighted by Gasteiger charge is -2.41. The number of nitrogens with zero attached hydrogens (tertiary/aromatic N) is 12. The number of ether oxygens (including phenoxy) is 2. The van der Waals surface area contributed by atoms with Gasteiger partial charge < -0.3 is 19.3 Å². The Kier molecular flexibility index (Phi) is 8.32. The van der Waals surface area contributed by atoms with E-state index in [1.807, 2.05) is 18.5 Å². The Morgan fingerprint density at radius 2 is 1.38 bits per heavy atom. The van der Waals surface area contributed by atoms with E-state index in [0.717, 1.165) is 44.0 Å². The maximum absolute atomic E-state index is 6.61. The molecule has 2 aliphatic rings. The summed E-state index contributed by atoms with van der Waals surface area (Å²) in [4.78, 5) is 14.8. The van der Waals surface area contributed by atoms with E-state index < -0.39 is 0 Å². The number of aromatic nitrogens is 10. The highest BCUT2D eigenvalue weighted by atomic mass is 32.1. The number of fused-ring (bicyclic) bond motifs is 2. The number of thiazole rings is 2. The van der Waals surface area contributed by atoms with E-state index in [-0.39, 0.29) is 35.1 Å². The minimum atomic E-state index is -0.172. The number of rotatable bonds is 6. The van der Waals surface area contributed by atoms with Gasteiger partial charge in [-0.05, 0) is 52.4 Å². The van der Waals surface area contributed by atoms with Crippen LogP contribution in [0.25, 0.3) is 11.3 Å². The standard InChI is InChI=1S/C34H42N12O2S2/c1-20-16-47-25(31-35-27(18-49-31)33(2,3)4)14-43(20)23-10-21(30-38-40-42-46(30)13-23)11-24-17-48-26(32-36-28(19-50-32)34(5,6)7)15-44(24)22-8-9-29-37-39-41-45(29)12-22/h8-10,12-13,18-20,24-26H,11,14-17H2,1-7H3/t20-,24+,25-,26-/m0/s1. The monoisotopic (exact) mass is 714 g/mol. The normalized spacial score (nSPS) is 22.2. The lowest BCUT2D eigenvalue weighted by molar-refractivity contribution is 0.0178. The van der Waals surface area contributed by atoms with Crippen LogP contribution in [-0.4, -0.2) is 88.4 Å². The molecule has 0 aromatic carbocycles. The van der Waals surface area contributed by atoms with E-state index in [2.05, 4.69) is 112 Å². The molecule has 0 aliphatic carbocycles. The molecule has 8 rings (SSSR count). The highest BCUT2D eigenvalue weighted by Gasteiger charge is 2.35. The maximum Gasteiger partial charge on any atom is 0.182 e. The quantitative estimate of drug-likeness (QED) is 0.224. The topological polar surface area (TPSA) is 137 Å². The van der Waals surface area contributed by atoms with Crippen molar-refractivity contribution in [3.63, 3.8) is 0 Å². The zero-order chi connectivity index (χ0) is 34.8. The minimum Gasteiger partial charge on any atom is -0.367 e. The van der Waals surface area contributed by atoms with Crippen molar-refractivity contribution in [1.82, 2.24) is 50.0 Å². The van der Waals surface area contributed by atoms with Gasteiger partial charge in [0.2, 0.25) is 0 Å². The first-order valence-electron chi connectivity index (χ1n) is 17.0. The Hall–Kier alpha value is -4.12. The van der Waals surface area contributed by atoms with Crippen molar-refractivity contribution >= 4 is 45.3 Å². The summed E-state index contributed by atoms with van der Waals surface area (Å²) in [6, 6.07) is 6.40. The molecule has 4 atom stereocenters. The fourth-order valence-corrected chi connectivity index (χ4v) is 8.69. The van der Waals surface area contributed by atoms with Crippen molar-refractivity contribution < 1.29 is 9.47 Å². The third-order valence-corrected chi connectivity index (χ3v) is 11.4. The van der Waals surface area contributed by atoms with Gasteiger partial charge in [-0.2, -0.15) is 9.03 Å². The van der Waals surface area contributed by atoms with Crippen LogP contribution in [0.2, 0.25) is 0 Å². The lowest BCUT2D eigenvalue weighted by atomic mass is 9.93. The smallest absolute Gasteiger partial charge is 0.182 e. The highest BCUT2D eigenvalue weighted by Crippen LogP contribution is 2.37. The van der Waals surface area contributed by atoms with Gasteiger partial charge in [-0.3, -0.25) is 0 Å². The van der Waals surface area contributed by atoms with Gasteiger partial charge in [-0.15, -0.1) is 32.9 Å². The molecule has 14 nitrogen and oxygen atoms in total. The molecule has 0 saturated carbocycles. The van der Waals surface area contributed by atoms with Crippen LogP contribution >= 0.6 is 22.7 Å². The van der Waals surface area contributed by atoms with Gasteiger partial charge in [0, 0.05) is 33.2 Å². The highest BCUT2D eigenvalue weighted by molar-refractivity contribution is 7.10. The number of anilines is 2. The molecule has 0 radical (unpaired) electrons. The Bertz CT molecular complexity index is 2130. The Balaban J connectivity index is 1.10. The summed E-state index contributed by atoms with van der Waals surface area (Å²) in [5, 5.41) is 31.3. The summed E-state index contributed by atoms with van der Waals surface area (Å²) in [5.74, 6) is 0. The molecule has 6 aromatic rings. The van der Waals surface area contributed by atoms with Crippen molar-refractivity contribution in [2.24, 2.45) is 0 Å². The van der Waals surface area contributed by atoms with E-state index in [9.17, 15) is 0 Å². The van der Waals surface area contributed by atoms with Crippen LogP contribution in [-0.2, 0) is 26.7 Å². The zero-order valence-corrected chi connectivity index (χ0v) is 31.0. The van der Waals surface area contributed by atoms with Gasteiger partial charge in [0.25, 0.3) is 0 Å². The first-order valence-corrected chi connectivity index (χ1v) is 18.7. The van der Waals surface area contributed by atoms with Crippen LogP contribution in [0.3, 0.4) is 0 Å². The van der Waals surface area contributed by atoms with Crippen LogP contribution in [0.1, 0.15) is 87.6 Å². The average molecular weight is 715 g/mol. The first kappa shape index (κ1) is 33.0. The molecule has 0 amide bonds. The number of tetrazole rings is 2. The number of morpholine rings is 2. The van der Waals surface area contributed by atoms with Crippen LogP contribution in [0, 0.1) is 0 Å². The predicted molar refractivity (Wildman–Crippen MR) is 192 cm³/mol. The van der Waals surface area contributed by atoms with Gasteiger partial charge in [0.1, 0.15) is 22.2 Å². The van der Waals surface area contributed by atoms with Crippen LogP contribution in [0.4, 0.5) is 11.4 Å². The van der Waals surface area contributed by atoms with Crippen molar-refractivity contribution in [2.75, 3.05) is 36.1 Å². The van der Waals surface area contributed by atoms with Crippen LogP contribution < -0.4 is 9.80 Å². The molecule has 2 saturated heterocycles. The molecule has 6 aromatic heterocycles. The molecular weight excluding hydrogens is 673 g/mol. The van der Waals surface area contributed by atoms with Crippen molar-refractivity contribution in [3.8, 4) is 0 Å². The molecule has 16 heteroatoms. The molecule has 2 aliphatic heterocycles. The summed E-state index contributed by atoms with van der Waals surface area (Å²) in [6.07, 6.45) is 4.37. The summed E-state index contributed by atoms with van der Waals surface area (Å²) < 4.78 is 16.5.